The summed E-state index contributed by atoms with van der Waals surface area (Å²) < 4.78 is 15.5. The largest absolute Gasteiger partial charge is 0.493 e. The molecule has 134 valence electrons. The van der Waals surface area contributed by atoms with Crippen molar-refractivity contribution in [2.24, 2.45) is 0 Å². The van der Waals surface area contributed by atoms with E-state index in [0.717, 1.165) is 10.8 Å². The van der Waals surface area contributed by atoms with Crippen molar-refractivity contribution in [1.82, 2.24) is 5.16 Å². The van der Waals surface area contributed by atoms with Crippen LogP contribution in [0.15, 0.2) is 47.0 Å². The molecule has 0 atom stereocenters. The van der Waals surface area contributed by atoms with Crippen molar-refractivity contribution >= 4 is 28.5 Å². The molecule has 0 radical (unpaired) electrons. The van der Waals surface area contributed by atoms with Gasteiger partial charge >= 0.3 is 5.97 Å². The van der Waals surface area contributed by atoms with Gasteiger partial charge in [0.05, 0.1) is 6.61 Å². The Bertz CT molecular complexity index is 948. The number of aryl methyl sites for hydroxylation is 1. The molecule has 0 aliphatic heterocycles. The van der Waals surface area contributed by atoms with Crippen LogP contribution in [-0.4, -0.2) is 30.2 Å². The fourth-order valence-electron chi connectivity index (χ4n) is 2.47. The van der Waals surface area contributed by atoms with Gasteiger partial charge in [0.25, 0.3) is 5.91 Å². The van der Waals surface area contributed by atoms with Crippen LogP contribution in [0.2, 0.25) is 0 Å². The maximum Gasteiger partial charge on any atom is 0.342 e. The molecule has 7 nitrogen and oxygen atoms in total. The van der Waals surface area contributed by atoms with Gasteiger partial charge in [0.1, 0.15) is 17.1 Å². The van der Waals surface area contributed by atoms with Crippen LogP contribution in [0.5, 0.6) is 5.75 Å². The van der Waals surface area contributed by atoms with Crippen molar-refractivity contribution in [3.05, 3.63) is 53.8 Å². The van der Waals surface area contributed by atoms with Gasteiger partial charge in [0.15, 0.2) is 12.4 Å². The van der Waals surface area contributed by atoms with E-state index in [0.29, 0.717) is 18.1 Å². The van der Waals surface area contributed by atoms with Gasteiger partial charge in [-0.3, -0.25) is 4.79 Å². The van der Waals surface area contributed by atoms with Gasteiger partial charge in [-0.2, -0.15) is 0 Å². The van der Waals surface area contributed by atoms with Crippen LogP contribution >= 0.6 is 0 Å². The van der Waals surface area contributed by atoms with E-state index in [1.165, 1.54) is 0 Å². The zero-order valence-electron chi connectivity index (χ0n) is 14.4. The van der Waals surface area contributed by atoms with Crippen LogP contribution in [0.1, 0.15) is 23.0 Å². The average Bonchev–Trinajstić information content (AvgIpc) is 3.04. The molecule has 3 aromatic rings. The van der Waals surface area contributed by atoms with Crippen molar-refractivity contribution in [3.63, 3.8) is 0 Å². The lowest BCUT2D eigenvalue weighted by Gasteiger charge is -2.11. The van der Waals surface area contributed by atoms with Gasteiger partial charge < -0.3 is 19.3 Å². The molecule has 0 bridgehead atoms. The zero-order valence-corrected chi connectivity index (χ0v) is 14.4. The highest BCUT2D eigenvalue weighted by Gasteiger charge is 2.17. The fraction of sp³-hybridized carbons (Fsp3) is 0.211. The Hall–Kier alpha value is -3.35. The second-order valence-corrected chi connectivity index (χ2v) is 5.58. The van der Waals surface area contributed by atoms with E-state index < -0.39 is 18.5 Å². The molecule has 0 unspecified atom stereocenters. The number of fused-ring (bicyclic) bond motifs is 1. The van der Waals surface area contributed by atoms with Crippen LogP contribution in [0.25, 0.3) is 10.8 Å². The molecule has 0 saturated heterocycles. The van der Waals surface area contributed by atoms with E-state index in [-0.39, 0.29) is 11.4 Å². The number of carbonyl (C=O) groups excluding carboxylic acids is 2. The highest BCUT2D eigenvalue weighted by atomic mass is 16.5. The van der Waals surface area contributed by atoms with E-state index >= 15 is 0 Å². The predicted octanol–water partition coefficient (Wildman–Crippen LogP) is 3.33. The number of amides is 1. The molecule has 0 aliphatic rings. The van der Waals surface area contributed by atoms with Gasteiger partial charge in [-0.15, -0.1) is 0 Å². The van der Waals surface area contributed by atoms with Crippen LogP contribution in [-0.2, 0) is 9.53 Å². The van der Waals surface area contributed by atoms with Crippen LogP contribution < -0.4 is 10.1 Å². The van der Waals surface area contributed by atoms with Crippen molar-refractivity contribution in [2.45, 2.75) is 13.8 Å². The Morgan fingerprint density at radius 3 is 2.54 bits per heavy atom. The molecule has 0 aliphatic carbocycles. The van der Waals surface area contributed by atoms with E-state index in [1.54, 1.807) is 25.1 Å². The molecule has 0 saturated carbocycles. The lowest BCUT2D eigenvalue weighted by molar-refractivity contribution is -0.119. The molecule has 26 heavy (non-hydrogen) atoms. The molecular weight excluding hydrogens is 336 g/mol. The maximum atomic E-state index is 12.4. The summed E-state index contributed by atoms with van der Waals surface area (Å²) in [7, 11) is 0. The smallest absolute Gasteiger partial charge is 0.342 e. The van der Waals surface area contributed by atoms with E-state index in [4.69, 9.17) is 14.0 Å². The molecule has 2 aromatic carbocycles. The van der Waals surface area contributed by atoms with Crippen molar-refractivity contribution in [3.8, 4) is 5.75 Å². The first-order chi connectivity index (χ1) is 12.6. The Morgan fingerprint density at radius 2 is 1.88 bits per heavy atom. The Balaban J connectivity index is 1.72. The number of hydrogen-bond acceptors (Lipinski definition) is 6. The summed E-state index contributed by atoms with van der Waals surface area (Å²) in [4.78, 5) is 24.3. The number of ether oxygens (including phenoxy) is 2. The molecule has 1 aromatic heterocycles. The molecule has 3 rings (SSSR count). The standard InChI is InChI=1S/C19H18N2O5/c1-3-24-16-10-14-7-5-4-6-13(14)9-15(16)19(23)25-11-18(22)20-17-8-12(2)26-21-17/h4-10H,3,11H2,1-2H3,(H,20,21,22). The van der Waals surface area contributed by atoms with Gasteiger partial charge in [-0.1, -0.05) is 29.4 Å². The normalized spacial score (nSPS) is 10.5. The topological polar surface area (TPSA) is 90.7 Å². The third-order valence-electron chi connectivity index (χ3n) is 3.60. The zero-order chi connectivity index (χ0) is 18.5. The highest BCUT2D eigenvalue weighted by molar-refractivity contribution is 6.00. The minimum atomic E-state index is -0.634. The molecule has 7 heteroatoms. The minimum absolute atomic E-state index is 0.268. The lowest BCUT2D eigenvalue weighted by Crippen LogP contribution is -2.21. The predicted molar refractivity (Wildman–Crippen MR) is 95.3 cm³/mol. The number of aromatic nitrogens is 1. The summed E-state index contributed by atoms with van der Waals surface area (Å²) in [6.45, 7) is 3.50. The van der Waals surface area contributed by atoms with Gasteiger partial charge in [-0.25, -0.2) is 4.79 Å². The third kappa shape index (κ3) is 4.00. The summed E-state index contributed by atoms with van der Waals surface area (Å²) in [5.41, 5.74) is 0.274. The summed E-state index contributed by atoms with van der Waals surface area (Å²) in [6.07, 6.45) is 0. The average molecular weight is 354 g/mol. The van der Waals surface area contributed by atoms with Crippen molar-refractivity contribution < 1.29 is 23.6 Å². The van der Waals surface area contributed by atoms with Gasteiger partial charge in [-0.05, 0) is 36.8 Å². The highest BCUT2D eigenvalue weighted by Crippen LogP contribution is 2.27. The molecule has 0 spiro atoms. The number of carbonyl (C=O) groups is 2. The van der Waals surface area contributed by atoms with Crippen LogP contribution in [0.4, 0.5) is 5.82 Å². The SMILES string of the molecule is CCOc1cc2ccccc2cc1C(=O)OCC(=O)Nc1cc(C)on1. The summed E-state index contributed by atoms with van der Waals surface area (Å²) in [6, 6.07) is 12.7. The van der Waals surface area contributed by atoms with Crippen molar-refractivity contribution in [2.75, 3.05) is 18.5 Å². The second-order valence-electron chi connectivity index (χ2n) is 5.58. The molecular formula is C19H18N2O5. The van der Waals surface area contributed by atoms with Gasteiger partial charge in [0.2, 0.25) is 0 Å². The van der Waals surface area contributed by atoms with E-state index in [2.05, 4.69) is 10.5 Å². The number of esters is 1. The number of hydrogen-bond donors (Lipinski definition) is 1. The molecule has 0 fully saturated rings. The third-order valence-corrected chi connectivity index (χ3v) is 3.60. The first-order valence-corrected chi connectivity index (χ1v) is 8.12. The number of rotatable bonds is 6. The van der Waals surface area contributed by atoms with Crippen molar-refractivity contribution in [1.29, 1.82) is 0 Å². The Labute approximate surface area is 149 Å². The van der Waals surface area contributed by atoms with E-state index in [1.807, 2.05) is 31.2 Å². The van der Waals surface area contributed by atoms with Gasteiger partial charge in [0, 0.05) is 6.07 Å². The lowest BCUT2D eigenvalue weighted by atomic mass is 10.1. The fourth-order valence-corrected chi connectivity index (χ4v) is 2.47. The quantitative estimate of drug-likeness (QED) is 0.683. The van der Waals surface area contributed by atoms with Crippen LogP contribution in [0.3, 0.4) is 0 Å². The second kappa shape index (κ2) is 7.69. The Morgan fingerprint density at radius 1 is 1.15 bits per heavy atom. The van der Waals surface area contributed by atoms with Crippen LogP contribution in [0, 0.1) is 6.92 Å². The molecule has 1 N–H and O–H groups in total. The van der Waals surface area contributed by atoms with E-state index in [9.17, 15) is 9.59 Å². The monoisotopic (exact) mass is 354 g/mol. The molecule has 1 amide bonds. The maximum absolute atomic E-state index is 12.4. The number of nitrogens with one attached hydrogen (secondary N) is 1. The minimum Gasteiger partial charge on any atom is -0.493 e. The first-order valence-electron chi connectivity index (χ1n) is 8.12. The molecule has 1 heterocycles. The number of anilines is 1. The Kier molecular flexibility index (Phi) is 5.17. The summed E-state index contributed by atoms with van der Waals surface area (Å²) >= 11 is 0. The first kappa shape index (κ1) is 17.5. The number of benzene rings is 2. The number of nitrogens with zero attached hydrogens (tertiary/aromatic N) is 1. The summed E-state index contributed by atoms with van der Waals surface area (Å²) in [5.74, 6) is 0.110. The summed E-state index contributed by atoms with van der Waals surface area (Å²) in [5, 5.41) is 7.96.